The van der Waals surface area contributed by atoms with Crippen molar-refractivity contribution in [2.45, 2.75) is 24.9 Å². The molecule has 1 saturated carbocycles. The number of nitrogens with zero attached hydrogens (tertiary/aromatic N) is 4. The molecule has 1 aromatic carbocycles. The minimum Gasteiger partial charge on any atom is -0.497 e. The van der Waals surface area contributed by atoms with Gasteiger partial charge in [0, 0.05) is 19.2 Å². The van der Waals surface area contributed by atoms with Crippen LogP contribution in [0, 0.1) is 0 Å². The Balaban J connectivity index is 1.43. The number of ether oxygens (including phenoxy) is 1. The number of pyridine rings is 1. The van der Waals surface area contributed by atoms with Gasteiger partial charge in [0.2, 0.25) is 5.91 Å². The third kappa shape index (κ3) is 4.29. The first-order valence-electron chi connectivity index (χ1n) is 10.8. The molecule has 3 aromatic rings. The van der Waals surface area contributed by atoms with Crippen molar-refractivity contribution in [2.24, 2.45) is 0 Å². The molecular formula is C23H19Cl2F3N4O3. The number of hydrogen-bond acceptors (Lipinski definition) is 4. The van der Waals surface area contributed by atoms with Gasteiger partial charge in [-0.2, -0.15) is 18.3 Å². The third-order valence-electron chi connectivity index (χ3n) is 6.19. The number of alkyl halides is 3. The van der Waals surface area contributed by atoms with Crippen LogP contribution in [0.25, 0.3) is 5.52 Å². The maximum Gasteiger partial charge on any atom is 0.433 e. The summed E-state index contributed by atoms with van der Waals surface area (Å²) in [6.45, 7) is -0.0390. The molecule has 5 rings (SSSR count). The number of hydrogen-bond donors (Lipinski definition) is 0. The Bertz CT molecular complexity index is 1350. The lowest BCUT2D eigenvalue weighted by molar-refractivity contribution is -0.142. The summed E-state index contributed by atoms with van der Waals surface area (Å²) < 4.78 is 47.0. The van der Waals surface area contributed by atoms with Crippen LogP contribution in [0.3, 0.4) is 0 Å². The molecular weight excluding hydrogens is 508 g/mol. The quantitative estimate of drug-likeness (QED) is 0.477. The molecule has 0 bridgehead atoms. The lowest BCUT2D eigenvalue weighted by Gasteiger charge is -2.34. The zero-order valence-corrected chi connectivity index (χ0v) is 19.9. The number of rotatable bonds is 4. The van der Waals surface area contributed by atoms with Crippen molar-refractivity contribution in [3.05, 3.63) is 57.3 Å². The number of piperazine rings is 1. The molecule has 0 radical (unpaired) electrons. The van der Waals surface area contributed by atoms with Gasteiger partial charge in [-0.3, -0.25) is 9.59 Å². The zero-order chi connectivity index (χ0) is 25.1. The molecule has 0 atom stereocenters. The second-order valence-corrected chi connectivity index (χ2v) is 9.28. The van der Waals surface area contributed by atoms with Crippen LogP contribution in [0.4, 0.5) is 18.9 Å². The van der Waals surface area contributed by atoms with Gasteiger partial charge in [0.05, 0.1) is 28.4 Å². The first-order chi connectivity index (χ1) is 16.6. The van der Waals surface area contributed by atoms with Crippen LogP contribution >= 0.6 is 23.2 Å². The van der Waals surface area contributed by atoms with E-state index >= 15 is 0 Å². The molecule has 2 amide bonds. The molecule has 12 heteroatoms. The standard InChI is InChI=1S/C23H19Cl2F3N4O3/c1-35-14-4-5-16(15(24)10-14)31-7-6-30(11-19(31)33)22(34)21-20(25)17-8-13(12-2-3-12)9-18(23(26,27)28)32(17)29-21/h4-5,8-10,12H,2-3,6-7,11H2,1H3. The smallest absolute Gasteiger partial charge is 0.433 e. The number of anilines is 1. The van der Waals surface area contributed by atoms with E-state index in [1.165, 1.54) is 16.9 Å². The number of benzene rings is 1. The fourth-order valence-electron chi connectivity index (χ4n) is 4.21. The second-order valence-electron chi connectivity index (χ2n) is 8.50. The van der Waals surface area contributed by atoms with Crippen LogP contribution in [0.1, 0.15) is 40.5 Å². The van der Waals surface area contributed by atoms with Crippen molar-refractivity contribution in [2.75, 3.05) is 31.6 Å². The summed E-state index contributed by atoms with van der Waals surface area (Å²) in [5, 5.41) is 4.07. The molecule has 35 heavy (non-hydrogen) atoms. The average Bonchev–Trinajstić information content (AvgIpc) is 3.61. The molecule has 2 aromatic heterocycles. The van der Waals surface area contributed by atoms with Crippen molar-refractivity contribution < 1.29 is 27.5 Å². The third-order valence-corrected chi connectivity index (χ3v) is 6.87. The Hall–Kier alpha value is -2.98. The van der Waals surface area contributed by atoms with Gasteiger partial charge in [0.25, 0.3) is 5.91 Å². The Kier molecular flexibility index (Phi) is 5.83. The predicted octanol–water partition coefficient (Wildman–Crippen LogP) is 5.03. The summed E-state index contributed by atoms with van der Waals surface area (Å²) >= 11 is 12.7. The Morgan fingerprint density at radius 2 is 1.89 bits per heavy atom. The van der Waals surface area contributed by atoms with E-state index < -0.39 is 23.7 Å². The lowest BCUT2D eigenvalue weighted by Crippen LogP contribution is -2.52. The zero-order valence-electron chi connectivity index (χ0n) is 18.4. The molecule has 0 spiro atoms. The van der Waals surface area contributed by atoms with E-state index in [-0.39, 0.29) is 41.8 Å². The predicted molar refractivity (Wildman–Crippen MR) is 123 cm³/mol. The van der Waals surface area contributed by atoms with Gasteiger partial charge in [0.15, 0.2) is 5.69 Å². The highest BCUT2D eigenvalue weighted by molar-refractivity contribution is 6.37. The van der Waals surface area contributed by atoms with Crippen molar-refractivity contribution >= 4 is 46.2 Å². The number of halogens is 5. The first kappa shape index (κ1) is 23.7. The van der Waals surface area contributed by atoms with E-state index in [0.29, 0.717) is 26.5 Å². The van der Waals surface area contributed by atoms with Gasteiger partial charge in [-0.05, 0) is 48.6 Å². The van der Waals surface area contributed by atoms with Crippen LogP contribution in [0.15, 0.2) is 30.3 Å². The van der Waals surface area contributed by atoms with Gasteiger partial charge in [0.1, 0.15) is 18.0 Å². The molecule has 3 heterocycles. The van der Waals surface area contributed by atoms with E-state index in [1.54, 1.807) is 24.3 Å². The number of carbonyl (C=O) groups excluding carboxylic acids is 2. The fourth-order valence-corrected chi connectivity index (χ4v) is 4.74. The topological polar surface area (TPSA) is 67.2 Å². The minimum absolute atomic E-state index is 0.0155. The first-order valence-corrected chi connectivity index (χ1v) is 11.6. The van der Waals surface area contributed by atoms with Crippen molar-refractivity contribution in [3.63, 3.8) is 0 Å². The molecule has 1 aliphatic heterocycles. The van der Waals surface area contributed by atoms with E-state index in [2.05, 4.69) is 5.10 Å². The molecule has 2 aliphatic rings. The highest BCUT2D eigenvalue weighted by Gasteiger charge is 2.39. The average molecular weight is 527 g/mol. The molecule has 1 aliphatic carbocycles. The molecule has 184 valence electrons. The Labute approximate surface area is 207 Å². The van der Waals surface area contributed by atoms with Crippen molar-refractivity contribution in [3.8, 4) is 5.75 Å². The van der Waals surface area contributed by atoms with Gasteiger partial charge in [-0.25, -0.2) is 4.52 Å². The summed E-state index contributed by atoms with van der Waals surface area (Å²) in [6.07, 6.45) is -3.08. The van der Waals surface area contributed by atoms with E-state index in [9.17, 15) is 22.8 Å². The summed E-state index contributed by atoms with van der Waals surface area (Å²) in [5.41, 5.74) is -0.313. The number of methoxy groups -OCH3 is 1. The lowest BCUT2D eigenvalue weighted by atomic mass is 10.1. The normalized spacial score (nSPS) is 16.8. The van der Waals surface area contributed by atoms with Crippen molar-refractivity contribution in [1.82, 2.24) is 14.5 Å². The Morgan fingerprint density at radius 3 is 2.49 bits per heavy atom. The van der Waals surface area contributed by atoms with E-state index in [0.717, 1.165) is 18.9 Å². The minimum atomic E-state index is -4.68. The largest absolute Gasteiger partial charge is 0.497 e. The van der Waals surface area contributed by atoms with Gasteiger partial charge in [-0.15, -0.1) is 0 Å². The number of aromatic nitrogens is 2. The van der Waals surface area contributed by atoms with Gasteiger partial charge < -0.3 is 14.5 Å². The van der Waals surface area contributed by atoms with Crippen LogP contribution in [-0.4, -0.2) is 53.1 Å². The van der Waals surface area contributed by atoms with Gasteiger partial charge >= 0.3 is 6.18 Å². The number of amides is 2. The SMILES string of the molecule is COc1ccc(N2CCN(C(=O)c3nn4c(C(F)(F)F)cc(C5CC5)cc4c3Cl)CC2=O)c(Cl)c1. The van der Waals surface area contributed by atoms with Crippen molar-refractivity contribution in [1.29, 1.82) is 0 Å². The molecule has 0 N–H and O–H groups in total. The number of carbonyl (C=O) groups is 2. The monoisotopic (exact) mass is 526 g/mol. The molecule has 7 nitrogen and oxygen atoms in total. The van der Waals surface area contributed by atoms with Crippen LogP contribution in [0.5, 0.6) is 5.75 Å². The van der Waals surface area contributed by atoms with E-state index in [4.69, 9.17) is 27.9 Å². The highest BCUT2D eigenvalue weighted by Crippen LogP contribution is 2.43. The fraction of sp³-hybridized carbons (Fsp3) is 0.348. The van der Waals surface area contributed by atoms with Crippen LogP contribution < -0.4 is 9.64 Å². The molecule has 0 unspecified atom stereocenters. The van der Waals surface area contributed by atoms with Gasteiger partial charge in [-0.1, -0.05) is 23.2 Å². The maximum atomic E-state index is 13.7. The summed E-state index contributed by atoms with van der Waals surface area (Å²) in [6, 6.07) is 7.49. The van der Waals surface area contributed by atoms with Crippen LogP contribution in [0.2, 0.25) is 10.0 Å². The summed E-state index contributed by atoms with van der Waals surface area (Å²) in [7, 11) is 1.50. The molecule has 2 fully saturated rings. The molecule has 1 saturated heterocycles. The maximum absolute atomic E-state index is 13.7. The highest BCUT2D eigenvalue weighted by atomic mass is 35.5. The number of fused-ring (bicyclic) bond motifs is 1. The Morgan fingerprint density at radius 1 is 1.14 bits per heavy atom. The summed E-state index contributed by atoms with van der Waals surface area (Å²) in [5.74, 6) is -0.538. The summed E-state index contributed by atoms with van der Waals surface area (Å²) in [4.78, 5) is 28.7. The van der Waals surface area contributed by atoms with E-state index in [1.807, 2.05) is 0 Å². The second kappa shape index (κ2) is 8.60. The van der Waals surface area contributed by atoms with Crippen LogP contribution in [-0.2, 0) is 11.0 Å².